The molecule has 7 heteroatoms. The highest BCUT2D eigenvalue weighted by molar-refractivity contribution is 9.10. The van der Waals surface area contributed by atoms with Gasteiger partial charge in [0.2, 0.25) is 0 Å². The van der Waals surface area contributed by atoms with E-state index in [2.05, 4.69) is 15.9 Å². The summed E-state index contributed by atoms with van der Waals surface area (Å²) in [4.78, 5) is 41.1. The average molecular weight is 509 g/mol. The zero-order valence-electron chi connectivity index (χ0n) is 18.1. The van der Waals surface area contributed by atoms with Crippen LogP contribution in [0.25, 0.3) is 0 Å². The van der Waals surface area contributed by atoms with Crippen LogP contribution in [0.3, 0.4) is 0 Å². The highest BCUT2D eigenvalue weighted by atomic mass is 79.9. The van der Waals surface area contributed by atoms with Crippen molar-refractivity contribution in [1.29, 1.82) is 0 Å². The Balaban J connectivity index is 1.46. The number of hydrogen-bond donors (Lipinski definition) is 0. The summed E-state index contributed by atoms with van der Waals surface area (Å²) in [5, 5.41) is 0. The van der Waals surface area contributed by atoms with Gasteiger partial charge >= 0.3 is 0 Å². The van der Waals surface area contributed by atoms with Crippen molar-refractivity contribution in [3.8, 4) is 0 Å². The quantitative estimate of drug-likeness (QED) is 0.307. The molecule has 3 amide bonds. The molecule has 1 heterocycles. The topological polar surface area (TPSA) is 57.7 Å². The lowest BCUT2D eigenvalue weighted by molar-refractivity contribution is 0.0651. The molecule has 33 heavy (non-hydrogen) atoms. The van der Waals surface area contributed by atoms with Crippen molar-refractivity contribution >= 4 is 39.3 Å². The zero-order valence-corrected chi connectivity index (χ0v) is 19.6. The molecule has 0 radical (unpaired) electrons. The number of anilines is 1. The second kappa shape index (κ2) is 9.67. The lowest BCUT2D eigenvalue weighted by Gasteiger charge is -2.24. The maximum absolute atomic E-state index is 14.5. The number of unbranched alkanes of at least 4 members (excludes halogenated alkanes) is 1. The molecule has 0 aromatic heterocycles. The van der Waals surface area contributed by atoms with Gasteiger partial charge in [-0.3, -0.25) is 19.3 Å². The van der Waals surface area contributed by atoms with Gasteiger partial charge < -0.3 is 4.90 Å². The van der Waals surface area contributed by atoms with Gasteiger partial charge in [-0.15, -0.1) is 0 Å². The number of imide groups is 1. The van der Waals surface area contributed by atoms with E-state index in [9.17, 15) is 18.8 Å². The van der Waals surface area contributed by atoms with Crippen LogP contribution in [-0.4, -0.2) is 35.7 Å². The van der Waals surface area contributed by atoms with Gasteiger partial charge in [-0.1, -0.05) is 45.8 Å². The van der Waals surface area contributed by atoms with Crippen molar-refractivity contribution in [2.24, 2.45) is 0 Å². The summed E-state index contributed by atoms with van der Waals surface area (Å²) < 4.78 is 15.0. The smallest absolute Gasteiger partial charge is 0.261 e. The highest BCUT2D eigenvalue weighted by Gasteiger charge is 2.34. The first kappa shape index (κ1) is 22.9. The molecular formula is C26H22BrFN2O3. The Kier molecular flexibility index (Phi) is 6.70. The predicted molar refractivity (Wildman–Crippen MR) is 128 cm³/mol. The summed E-state index contributed by atoms with van der Waals surface area (Å²) in [6.07, 6.45) is 1.05. The van der Waals surface area contributed by atoms with Crippen molar-refractivity contribution in [1.82, 2.24) is 4.90 Å². The monoisotopic (exact) mass is 508 g/mol. The number of amides is 3. The summed E-state index contributed by atoms with van der Waals surface area (Å²) >= 11 is 3.21. The first-order valence-electron chi connectivity index (χ1n) is 10.7. The third kappa shape index (κ3) is 4.73. The Hall–Kier alpha value is -3.32. The van der Waals surface area contributed by atoms with Gasteiger partial charge in [0, 0.05) is 23.2 Å². The molecule has 0 unspecified atom stereocenters. The first-order chi connectivity index (χ1) is 15.9. The minimum atomic E-state index is -0.600. The Labute approximate surface area is 199 Å². The maximum Gasteiger partial charge on any atom is 0.261 e. The Bertz CT molecular complexity index is 1190. The molecule has 3 aromatic rings. The first-order valence-corrected chi connectivity index (χ1v) is 11.4. The van der Waals surface area contributed by atoms with Gasteiger partial charge in [-0.2, -0.15) is 0 Å². The van der Waals surface area contributed by atoms with Crippen LogP contribution in [0.1, 0.15) is 49.5 Å². The molecule has 0 spiro atoms. The number of rotatable bonds is 7. The number of hydrogen-bond acceptors (Lipinski definition) is 3. The summed E-state index contributed by atoms with van der Waals surface area (Å²) in [7, 11) is 0. The third-order valence-electron chi connectivity index (χ3n) is 5.64. The standard InChI is InChI=1S/C26H22BrFN2O3/c1-17-8-11-19(12-9-17)29(26(33)22-13-10-18(27)16-23(22)28)14-4-5-15-30-24(31)20-6-2-3-7-21(20)25(30)32/h2-3,6-13,16H,4-5,14-15H2,1H3. The minimum absolute atomic E-state index is 0.0147. The normalized spacial score (nSPS) is 12.8. The molecular weight excluding hydrogens is 487 g/mol. The molecule has 5 nitrogen and oxygen atoms in total. The van der Waals surface area contributed by atoms with Crippen LogP contribution >= 0.6 is 15.9 Å². The van der Waals surface area contributed by atoms with E-state index in [0.29, 0.717) is 40.7 Å². The van der Waals surface area contributed by atoms with Gasteiger partial charge in [0.25, 0.3) is 17.7 Å². The fraction of sp³-hybridized carbons (Fsp3) is 0.192. The van der Waals surface area contributed by atoms with Crippen LogP contribution in [0.2, 0.25) is 0 Å². The van der Waals surface area contributed by atoms with E-state index in [4.69, 9.17) is 0 Å². The van der Waals surface area contributed by atoms with Crippen LogP contribution < -0.4 is 4.90 Å². The molecule has 4 rings (SSSR count). The maximum atomic E-state index is 14.5. The van der Waals surface area contributed by atoms with Gasteiger partial charge in [-0.25, -0.2) is 4.39 Å². The Morgan fingerprint density at radius 3 is 2.18 bits per heavy atom. The third-order valence-corrected chi connectivity index (χ3v) is 6.14. The summed E-state index contributed by atoms with van der Waals surface area (Å²) in [6.45, 7) is 2.53. The van der Waals surface area contributed by atoms with Gasteiger partial charge in [0.15, 0.2) is 0 Å². The van der Waals surface area contributed by atoms with Crippen molar-refractivity contribution < 1.29 is 18.8 Å². The number of carbonyl (C=O) groups is 3. The Morgan fingerprint density at radius 2 is 1.58 bits per heavy atom. The Morgan fingerprint density at radius 1 is 0.939 bits per heavy atom. The average Bonchev–Trinajstić information content (AvgIpc) is 3.04. The lowest BCUT2D eigenvalue weighted by atomic mass is 10.1. The number of aryl methyl sites for hydroxylation is 1. The molecule has 168 valence electrons. The SMILES string of the molecule is Cc1ccc(N(CCCCN2C(=O)c3ccccc3C2=O)C(=O)c2ccc(Br)cc2F)cc1. The molecule has 0 N–H and O–H groups in total. The van der Waals surface area contributed by atoms with Crippen molar-refractivity contribution in [2.45, 2.75) is 19.8 Å². The van der Waals surface area contributed by atoms with E-state index in [0.717, 1.165) is 5.56 Å². The molecule has 0 aliphatic carbocycles. The minimum Gasteiger partial charge on any atom is -0.308 e. The summed E-state index contributed by atoms with van der Waals surface area (Å²) in [5.74, 6) is -1.62. The molecule has 0 saturated carbocycles. The highest BCUT2D eigenvalue weighted by Crippen LogP contribution is 2.24. The molecule has 0 atom stereocenters. The molecule has 0 fully saturated rings. The predicted octanol–water partition coefficient (Wildman–Crippen LogP) is 5.62. The molecule has 0 saturated heterocycles. The van der Waals surface area contributed by atoms with Crippen LogP contribution in [0.4, 0.5) is 10.1 Å². The van der Waals surface area contributed by atoms with E-state index >= 15 is 0 Å². The van der Waals surface area contributed by atoms with E-state index in [1.165, 1.54) is 21.9 Å². The van der Waals surface area contributed by atoms with E-state index in [1.807, 2.05) is 31.2 Å². The van der Waals surface area contributed by atoms with Crippen LogP contribution in [0.5, 0.6) is 0 Å². The van der Waals surface area contributed by atoms with Crippen molar-refractivity contribution in [2.75, 3.05) is 18.0 Å². The lowest BCUT2D eigenvalue weighted by Crippen LogP contribution is -2.34. The van der Waals surface area contributed by atoms with E-state index in [-0.39, 0.29) is 23.9 Å². The summed E-state index contributed by atoms with van der Waals surface area (Å²) in [6, 6.07) is 18.6. The van der Waals surface area contributed by atoms with Crippen molar-refractivity contribution in [3.63, 3.8) is 0 Å². The number of carbonyl (C=O) groups excluding carboxylic acids is 3. The van der Waals surface area contributed by atoms with Crippen LogP contribution in [-0.2, 0) is 0 Å². The fourth-order valence-electron chi connectivity index (χ4n) is 3.86. The largest absolute Gasteiger partial charge is 0.308 e. The second-order valence-electron chi connectivity index (χ2n) is 7.93. The number of fused-ring (bicyclic) bond motifs is 1. The molecule has 1 aliphatic rings. The van der Waals surface area contributed by atoms with E-state index in [1.54, 1.807) is 30.3 Å². The zero-order chi connectivity index (χ0) is 23.5. The van der Waals surface area contributed by atoms with Crippen molar-refractivity contribution in [3.05, 3.63) is 99.3 Å². The molecule has 0 bridgehead atoms. The van der Waals surface area contributed by atoms with Gasteiger partial charge in [-0.05, 0) is 62.2 Å². The van der Waals surface area contributed by atoms with Crippen LogP contribution in [0, 0.1) is 12.7 Å². The second-order valence-corrected chi connectivity index (χ2v) is 8.85. The van der Waals surface area contributed by atoms with Gasteiger partial charge in [0.1, 0.15) is 5.82 Å². The van der Waals surface area contributed by atoms with E-state index < -0.39 is 11.7 Å². The number of halogens is 2. The molecule has 1 aliphatic heterocycles. The van der Waals surface area contributed by atoms with Gasteiger partial charge in [0.05, 0.1) is 16.7 Å². The molecule has 3 aromatic carbocycles. The van der Waals surface area contributed by atoms with Crippen LogP contribution in [0.15, 0.2) is 71.2 Å². The summed E-state index contributed by atoms with van der Waals surface area (Å²) in [5.41, 5.74) is 2.54. The fourth-order valence-corrected chi connectivity index (χ4v) is 4.20. The number of benzene rings is 3. The number of nitrogens with zero attached hydrogens (tertiary/aromatic N) is 2.